The molecule has 2 aromatic carbocycles. The molecule has 0 radical (unpaired) electrons. The molecule has 5 nitrogen and oxygen atoms in total. The second-order valence-electron chi connectivity index (χ2n) is 9.00. The van der Waals surface area contributed by atoms with Crippen molar-refractivity contribution in [3.63, 3.8) is 0 Å². The molecule has 0 aliphatic carbocycles. The maximum Gasteiger partial charge on any atom is 0.416 e. The van der Waals surface area contributed by atoms with Crippen molar-refractivity contribution in [1.82, 2.24) is 4.98 Å². The van der Waals surface area contributed by atoms with Gasteiger partial charge in [0.2, 0.25) is 0 Å². The zero-order valence-corrected chi connectivity index (χ0v) is 21.2. The van der Waals surface area contributed by atoms with E-state index < -0.39 is 23.3 Å². The van der Waals surface area contributed by atoms with Gasteiger partial charge in [0, 0.05) is 19.3 Å². The highest BCUT2D eigenvalue weighted by molar-refractivity contribution is 5.79. The molecule has 0 amide bonds. The summed E-state index contributed by atoms with van der Waals surface area (Å²) in [4.78, 5) is 18.6. The van der Waals surface area contributed by atoms with Crippen LogP contribution in [0.5, 0.6) is 5.75 Å². The number of anilines is 1. The fourth-order valence-corrected chi connectivity index (χ4v) is 3.63. The number of benzene rings is 2. The number of halogens is 3. The van der Waals surface area contributed by atoms with Crippen LogP contribution in [0.4, 0.5) is 19.0 Å². The molecule has 0 aliphatic rings. The molecule has 0 saturated heterocycles. The van der Waals surface area contributed by atoms with E-state index >= 15 is 0 Å². The van der Waals surface area contributed by atoms with Crippen LogP contribution in [0.2, 0.25) is 0 Å². The quantitative estimate of drug-likeness (QED) is 0.267. The monoisotopic (exact) mass is 512 g/mol. The minimum atomic E-state index is -4.37. The predicted octanol–water partition coefficient (Wildman–Crippen LogP) is 6.71. The summed E-state index contributed by atoms with van der Waals surface area (Å²) in [6.45, 7) is 10.0. The van der Waals surface area contributed by atoms with Crippen LogP contribution in [0.15, 0.2) is 73.4 Å². The van der Waals surface area contributed by atoms with Gasteiger partial charge in [-0.3, -0.25) is 0 Å². The highest BCUT2D eigenvalue weighted by Crippen LogP contribution is 2.29. The molecule has 3 rings (SSSR count). The summed E-state index contributed by atoms with van der Waals surface area (Å²) in [6.07, 6.45) is -0.307. The molecule has 3 aromatic rings. The van der Waals surface area contributed by atoms with Crippen LogP contribution in [0.25, 0.3) is 6.08 Å². The molecule has 37 heavy (non-hydrogen) atoms. The molecule has 0 bridgehead atoms. The van der Waals surface area contributed by atoms with Crippen LogP contribution in [-0.2, 0) is 28.7 Å². The highest BCUT2D eigenvalue weighted by Gasteiger charge is 2.31. The molecule has 0 N–H and O–H groups in total. The summed E-state index contributed by atoms with van der Waals surface area (Å²) >= 11 is 0. The second kappa shape index (κ2) is 12.0. The number of carbonyl (C=O) groups excluding carboxylic acids is 1. The van der Waals surface area contributed by atoms with Crippen molar-refractivity contribution in [3.05, 3.63) is 95.7 Å². The Hall–Kier alpha value is -3.81. The van der Waals surface area contributed by atoms with Crippen molar-refractivity contribution >= 4 is 17.9 Å². The minimum absolute atomic E-state index is 0.276. The molecular formula is C29H31F3N2O3. The number of ether oxygens (including phenoxy) is 2. The molecule has 1 aromatic heterocycles. The number of carbonyl (C=O) groups is 1. The van der Waals surface area contributed by atoms with Crippen LogP contribution >= 0.6 is 0 Å². The molecule has 8 heteroatoms. The maximum absolute atomic E-state index is 13.0. The maximum atomic E-state index is 13.0. The molecule has 0 fully saturated rings. The lowest BCUT2D eigenvalue weighted by Gasteiger charge is -2.25. The Kier molecular flexibility index (Phi) is 8.97. The fraction of sp³-hybridized carbons (Fsp3) is 0.310. The van der Waals surface area contributed by atoms with E-state index in [4.69, 9.17) is 9.47 Å². The highest BCUT2D eigenvalue weighted by atomic mass is 19.4. The van der Waals surface area contributed by atoms with Crippen LogP contribution in [0.3, 0.4) is 0 Å². The van der Waals surface area contributed by atoms with E-state index in [1.807, 2.05) is 29.2 Å². The first-order valence-electron chi connectivity index (χ1n) is 12.0. The fourth-order valence-electron chi connectivity index (χ4n) is 3.63. The average molecular weight is 513 g/mol. The van der Waals surface area contributed by atoms with Gasteiger partial charge in [-0.2, -0.15) is 13.2 Å². The number of rotatable bonds is 11. The lowest BCUT2D eigenvalue weighted by atomic mass is 10.1. The third-order valence-corrected chi connectivity index (χ3v) is 5.72. The van der Waals surface area contributed by atoms with Gasteiger partial charge in [0.15, 0.2) is 5.60 Å². The Bertz CT molecular complexity index is 1170. The van der Waals surface area contributed by atoms with Gasteiger partial charge < -0.3 is 14.4 Å². The van der Waals surface area contributed by atoms with Gasteiger partial charge in [-0.15, -0.1) is 0 Å². The Morgan fingerprint density at radius 2 is 1.65 bits per heavy atom. The molecule has 196 valence electrons. The summed E-state index contributed by atoms with van der Waals surface area (Å²) in [5.74, 6) is 0.819. The SMILES string of the molecule is C=Cc1ccc(N(CCc2ccc(OC(C)(C)C(=O)OCC)cc2)Cc2ccc(C(F)(F)F)cc2)nc1. The lowest BCUT2D eigenvalue weighted by Crippen LogP contribution is -2.39. The summed E-state index contributed by atoms with van der Waals surface area (Å²) in [5, 5.41) is 0. The number of pyridine rings is 1. The Morgan fingerprint density at radius 1 is 1.00 bits per heavy atom. The number of alkyl halides is 3. The Balaban J connectivity index is 1.72. The predicted molar refractivity (Wildman–Crippen MR) is 138 cm³/mol. The van der Waals surface area contributed by atoms with E-state index in [1.54, 1.807) is 45.2 Å². The number of hydrogen-bond acceptors (Lipinski definition) is 5. The summed E-state index contributed by atoms with van der Waals surface area (Å²) in [6, 6.07) is 16.4. The lowest BCUT2D eigenvalue weighted by molar-refractivity contribution is -0.158. The summed E-state index contributed by atoms with van der Waals surface area (Å²) in [5.41, 5.74) is 0.859. The topological polar surface area (TPSA) is 51.7 Å². The molecule has 0 unspecified atom stereocenters. The number of hydrogen-bond donors (Lipinski definition) is 0. The second-order valence-corrected chi connectivity index (χ2v) is 9.00. The van der Waals surface area contributed by atoms with Gasteiger partial charge in [0.05, 0.1) is 12.2 Å². The molecule has 0 atom stereocenters. The van der Waals surface area contributed by atoms with Crippen LogP contribution in [-0.4, -0.2) is 29.7 Å². The number of esters is 1. The van der Waals surface area contributed by atoms with E-state index in [0.717, 1.165) is 28.8 Å². The van der Waals surface area contributed by atoms with Crippen LogP contribution in [0, 0.1) is 0 Å². The van der Waals surface area contributed by atoms with Crippen molar-refractivity contribution in [2.75, 3.05) is 18.1 Å². The van der Waals surface area contributed by atoms with Gasteiger partial charge in [0.1, 0.15) is 11.6 Å². The number of aromatic nitrogens is 1. The summed E-state index contributed by atoms with van der Waals surface area (Å²) < 4.78 is 49.8. The van der Waals surface area contributed by atoms with Crippen molar-refractivity contribution in [2.24, 2.45) is 0 Å². The third-order valence-electron chi connectivity index (χ3n) is 5.72. The van der Waals surface area contributed by atoms with Crippen LogP contribution < -0.4 is 9.64 Å². The normalized spacial score (nSPS) is 11.6. The molecule has 1 heterocycles. The molecule has 0 spiro atoms. The molecule has 0 saturated carbocycles. The Labute approximate surface area is 215 Å². The first kappa shape index (κ1) is 27.8. The Morgan fingerprint density at radius 3 is 2.19 bits per heavy atom. The summed E-state index contributed by atoms with van der Waals surface area (Å²) in [7, 11) is 0. The van der Waals surface area contributed by atoms with Gasteiger partial charge in [0.25, 0.3) is 0 Å². The van der Waals surface area contributed by atoms with Gasteiger partial charge in [-0.1, -0.05) is 36.9 Å². The first-order valence-corrected chi connectivity index (χ1v) is 12.0. The van der Waals surface area contributed by atoms with E-state index in [1.165, 1.54) is 12.1 Å². The van der Waals surface area contributed by atoms with E-state index in [-0.39, 0.29) is 6.61 Å². The van der Waals surface area contributed by atoms with E-state index in [2.05, 4.69) is 11.6 Å². The van der Waals surface area contributed by atoms with E-state index in [0.29, 0.717) is 31.1 Å². The van der Waals surface area contributed by atoms with Crippen molar-refractivity contribution in [2.45, 2.75) is 45.5 Å². The van der Waals surface area contributed by atoms with Crippen molar-refractivity contribution in [1.29, 1.82) is 0 Å². The minimum Gasteiger partial charge on any atom is -0.476 e. The van der Waals surface area contributed by atoms with Crippen molar-refractivity contribution < 1.29 is 27.4 Å². The molecule has 0 aliphatic heterocycles. The zero-order valence-electron chi connectivity index (χ0n) is 21.2. The van der Waals surface area contributed by atoms with Crippen molar-refractivity contribution in [3.8, 4) is 5.75 Å². The zero-order chi connectivity index (χ0) is 27.1. The number of nitrogens with zero attached hydrogens (tertiary/aromatic N) is 2. The largest absolute Gasteiger partial charge is 0.476 e. The van der Waals surface area contributed by atoms with Gasteiger partial charge in [-0.25, -0.2) is 9.78 Å². The third kappa shape index (κ3) is 7.84. The van der Waals surface area contributed by atoms with Crippen LogP contribution in [0.1, 0.15) is 43.0 Å². The first-order chi connectivity index (χ1) is 17.5. The average Bonchev–Trinajstić information content (AvgIpc) is 2.87. The standard InChI is InChI=1S/C29H31F3N2O3/c1-5-21-11-16-26(33-19-21)34(20-23-7-12-24(13-8-23)29(30,31)32)18-17-22-9-14-25(15-10-22)37-28(3,4)27(35)36-6-2/h5,7-16,19H,1,6,17-18,20H2,2-4H3. The molecular weight excluding hydrogens is 481 g/mol. The van der Waals surface area contributed by atoms with Gasteiger partial charge in [-0.05, 0) is 80.3 Å². The smallest absolute Gasteiger partial charge is 0.416 e. The van der Waals surface area contributed by atoms with E-state index in [9.17, 15) is 18.0 Å². The van der Waals surface area contributed by atoms with Gasteiger partial charge >= 0.3 is 12.1 Å².